The number of nitrogens with one attached hydrogen (secondary N) is 1. The van der Waals surface area contributed by atoms with Crippen molar-refractivity contribution < 1.29 is 9.53 Å². The quantitative estimate of drug-likeness (QED) is 0.573. The average Bonchev–Trinajstić information content (AvgIpc) is 2.13. The lowest BCUT2D eigenvalue weighted by Gasteiger charge is -2.39. The SMILES string of the molecule is O=C1CCC2(CCNCC2)OC1. The van der Waals surface area contributed by atoms with Crippen molar-refractivity contribution in [2.24, 2.45) is 0 Å². The molecule has 1 spiro atoms. The third-order valence-electron chi connectivity index (χ3n) is 2.91. The van der Waals surface area contributed by atoms with Gasteiger partial charge in [-0.1, -0.05) is 0 Å². The molecule has 0 radical (unpaired) electrons. The Hall–Kier alpha value is -0.410. The van der Waals surface area contributed by atoms with Crippen LogP contribution >= 0.6 is 0 Å². The summed E-state index contributed by atoms with van der Waals surface area (Å²) in [4.78, 5) is 10.9. The van der Waals surface area contributed by atoms with E-state index in [9.17, 15) is 4.79 Å². The van der Waals surface area contributed by atoms with Crippen molar-refractivity contribution in [3.05, 3.63) is 0 Å². The van der Waals surface area contributed by atoms with Crippen molar-refractivity contribution in [2.45, 2.75) is 31.3 Å². The van der Waals surface area contributed by atoms with Gasteiger partial charge in [0, 0.05) is 6.42 Å². The fourth-order valence-corrected chi connectivity index (χ4v) is 2.02. The van der Waals surface area contributed by atoms with Crippen LogP contribution in [-0.4, -0.2) is 31.1 Å². The smallest absolute Gasteiger partial charge is 0.158 e. The number of carbonyl (C=O) groups excluding carboxylic acids is 1. The van der Waals surface area contributed by atoms with Crippen LogP contribution in [0.1, 0.15) is 25.7 Å². The van der Waals surface area contributed by atoms with Crippen LogP contribution in [0.5, 0.6) is 0 Å². The molecule has 0 aromatic rings. The summed E-state index contributed by atoms with van der Waals surface area (Å²) in [5.41, 5.74) is 0.0547. The molecule has 0 aromatic carbocycles. The summed E-state index contributed by atoms with van der Waals surface area (Å²) in [6.07, 6.45) is 3.80. The maximum absolute atomic E-state index is 10.9. The third-order valence-corrected chi connectivity index (χ3v) is 2.91. The number of ketones is 1. The van der Waals surface area contributed by atoms with E-state index < -0.39 is 0 Å². The second-order valence-electron chi connectivity index (χ2n) is 3.76. The van der Waals surface area contributed by atoms with E-state index >= 15 is 0 Å². The number of hydrogen-bond donors (Lipinski definition) is 1. The molecule has 0 amide bonds. The van der Waals surface area contributed by atoms with Crippen LogP contribution in [0.4, 0.5) is 0 Å². The zero-order valence-corrected chi connectivity index (χ0v) is 7.27. The van der Waals surface area contributed by atoms with E-state index in [1.807, 2.05) is 0 Å². The van der Waals surface area contributed by atoms with Crippen LogP contribution in [0.2, 0.25) is 0 Å². The van der Waals surface area contributed by atoms with E-state index in [1.54, 1.807) is 0 Å². The minimum Gasteiger partial charge on any atom is -0.367 e. The number of carbonyl (C=O) groups is 1. The maximum atomic E-state index is 10.9. The van der Waals surface area contributed by atoms with Gasteiger partial charge in [-0.2, -0.15) is 0 Å². The molecule has 2 saturated heterocycles. The molecule has 2 aliphatic heterocycles. The van der Waals surface area contributed by atoms with Crippen LogP contribution in [0, 0.1) is 0 Å². The van der Waals surface area contributed by atoms with E-state index in [0.717, 1.165) is 38.8 Å². The van der Waals surface area contributed by atoms with E-state index in [4.69, 9.17) is 4.74 Å². The van der Waals surface area contributed by atoms with Crippen molar-refractivity contribution in [3.8, 4) is 0 Å². The highest BCUT2D eigenvalue weighted by Gasteiger charge is 2.36. The predicted molar refractivity (Wildman–Crippen MR) is 45.0 cm³/mol. The highest BCUT2D eigenvalue weighted by atomic mass is 16.5. The van der Waals surface area contributed by atoms with Gasteiger partial charge in [-0.15, -0.1) is 0 Å². The number of ether oxygens (including phenoxy) is 1. The Morgan fingerprint density at radius 2 is 2.00 bits per heavy atom. The zero-order valence-electron chi connectivity index (χ0n) is 7.27. The monoisotopic (exact) mass is 169 g/mol. The van der Waals surface area contributed by atoms with Gasteiger partial charge in [0.25, 0.3) is 0 Å². The van der Waals surface area contributed by atoms with Crippen molar-refractivity contribution in [1.29, 1.82) is 0 Å². The first-order valence-corrected chi connectivity index (χ1v) is 4.67. The van der Waals surface area contributed by atoms with Gasteiger partial charge in [-0.3, -0.25) is 4.79 Å². The second kappa shape index (κ2) is 3.15. The normalized spacial score (nSPS) is 29.2. The molecule has 68 valence electrons. The lowest BCUT2D eigenvalue weighted by Crippen LogP contribution is -2.47. The first-order chi connectivity index (χ1) is 5.81. The number of piperidine rings is 1. The van der Waals surface area contributed by atoms with Crippen LogP contribution in [0.3, 0.4) is 0 Å². The van der Waals surface area contributed by atoms with Crippen LogP contribution in [0.15, 0.2) is 0 Å². The Labute approximate surface area is 72.5 Å². The molecule has 0 unspecified atom stereocenters. The van der Waals surface area contributed by atoms with Crippen molar-refractivity contribution in [3.63, 3.8) is 0 Å². The van der Waals surface area contributed by atoms with E-state index in [0.29, 0.717) is 6.61 Å². The lowest BCUT2D eigenvalue weighted by atomic mass is 9.85. The topological polar surface area (TPSA) is 38.3 Å². The fourth-order valence-electron chi connectivity index (χ4n) is 2.02. The Morgan fingerprint density at radius 1 is 1.25 bits per heavy atom. The summed E-state index contributed by atoms with van der Waals surface area (Å²) in [6, 6.07) is 0. The molecule has 0 bridgehead atoms. The molecule has 3 nitrogen and oxygen atoms in total. The molecule has 12 heavy (non-hydrogen) atoms. The van der Waals surface area contributed by atoms with Gasteiger partial charge in [0.2, 0.25) is 0 Å². The molecule has 0 aromatic heterocycles. The summed E-state index contributed by atoms with van der Waals surface area (Å²) >= 11 is 0. The van der Waals surface area contributed by atoms with E-state index in [1.165, 1.54) is 0 Å². The summed E-state index contributed by atoms with van der Waals surface area (Å²) in [7, 11) is 0. The molecule has 0 saturated carbocycles. The Balaban J connectivity index is 1.96. The first kappa shape index (κ1) is 8.20. The predicted octanol–water partition coefficient (Wildman–Crippen LogP) is 0.488. The maximum Gasteiger partial charge on any atom is 0.158 e. The average molecular weight is 169 g/mol. The van der Waals surface area contributed by atoms with Gasteiger partial charge in [0.05, 0.1) is 5.60 Å². The Morgan fingerprint density at radius 3 is 2.58 bits per heavy atom. The van der Waals surface area contributed by atoms with Gasteiger partial charge in [-0.25, -0.2) is 0 Å². The first-order valence-electron chi connectivity index (χ1n) is 4.67. The Kier molecular flexibility index (Phi) is 2.15. The van der Waals surface area contributed by atoms with Gasteiger partial charge in [0.1, 0.15) is 6.61 Å². The number of Topliss-reactive ketones (excluding diaryl/α,β-unsaturated/α-hetero) is 1. The highest BCUT2D eigenvalue weighted by molar-refractivity contribution is 5.80. The van der Waals surface area contributed by atoms with Gasteiger partial charge >= 0.3 is 0 Å². The summed E-state index contributed by atoms with van der Waals surface area (Å²) in [5.74, 6) is 0.263. The molecular formula is C9H15NO2. The lowest BCUT2D eigenvalue weighted by molar-refractivity contribution is -0.146. The van der Waals surface area contributed by atoms with Crippen molar-refractivity contribution in [2.75, 3.05) is 19.7 Å². The molecular weight excluding hydrogens is 154 g/mol. The van der Waals surface area contributed by atoms with Crippen molar-refractivity contribution >= 4 is 5.78 Å². The van der Waals surface area contributed by atoms with Crippen LogP contribution in [0.25, 0.3) is 0 Å². The van der Waals surface area contributed by atoms with E-state index in [2.05, 4.69) is 5.32 Å². The van der Waals surface area contributed by atoms with Crippen LogP contribution < -0.4 is 5.32 Å². The summed E-state index contributed by atoms with van der Waals surface area (Å²) in [6.45, 7) is 2.42. The minimum absolute atomic E-state index is 0.0547. The molecule has 2 aliphatic rings. The molecule has 0 aliphatic carbocycles. The molecule has 2 rings (SSSR count). The number of hydrogen-bond acceptors (Lipinski definition) is 3. The molecule has 1 N–H and O–H groups in total. The molecule has 2 heterocycles. The second-order valence-corrected chi connectivity index (χ2v) is 3.76. The minimum atomic E-state index is 0.0547. The van der Waals surface area contributed by atoms with Gasteiger partial charge < -0.3 is 10.1 Å². The van der Waals surface area contributed by atoms with Gasteiger partial charge in [-0.05, 0) is 32.4 Å². The Bertz CT molecular complexity index is 173. The standard InChI is InChI=1S/C9H15NO2/c11-8-1-2-9(12-7-8)3-5-10-6-4-9/h10H,1-7H2. The summed E-state index contributed by atoms with van der Waals surface area (Å²) in [5, 5.41) is 3.30. The molecule has 2 fully saturated rings. The zero-order chi connectivity index (χ0) is 8.44. The van der Waals surface area contributed by atoms with Crippen molar-refractivity contribution in [1.82, 2.24) is 5.32 Å². The number of rotatable bonds is 0. The fraction of sp³-hybridized carbons (Fsp3) is 0.889. The highest BCUT2D eigenvalue weighted by Crippen LogP contribution is 2.31. The van der Waals surface area contributed by atoms with Crippen LogP contribution in [-0.2, 0) is 9.53 Å². The largest absolute Gasteiger partial charge is 0.367 e. The van der Waals surface area contributed by atoms with E-state index in [-0.39, 0.29) is 11.4 Å². The third kappa shape index (κ3) is 1.52. The van der Waals surface area contributed by atoms with Gasteiger partial charge in [0.15, 0.2) is 5.78 Å². The summed E-state index contributed by atoms with van der Waals surface area (Å²) < 4.78 is 5.63. The molecule has 0 atom stereocenters. The molecule has 3 heteroatoms.